The molecule has 0 N–H and O–H groups in total. The molecule has 2 aromatic carbocycles. The molecule has 0 aliphatic heterocycles. The zero-order chi connectivity index (χ0) is 17.6. The van der Waals surface area contributed by atoms with Crippen LogP contribution in [0.3, 0.4) is 0 Å². The lowest BCUT2D eigenvalue weighted by molar-refractivity contribution is -0.177. The Kier molecular flexibility index (Phi) is 5.69. The minimum atomic E-state index is -4.39. The fraction of sp³-hybridized carbons (Fsp3) is 0.235. The van der Waals surface area contributed by atoms with Crippen LogP contribution in [0.1, 0.15) is 19.8 Å². The zero-order valence-corrected chi connectivity index (χ0v) is 13.8. The Morgan fingerprint density at radius 3 is 2.08 bits per heavy atom. The SMILES string of the molecule is CCC[C@@](Oc1ccccc1)(OS(=O)(=O)c1ccccc1)C(=O)F. The van der Waals surface area contributed by atoms with Crippen LogP contribution in [0, 0.1) is 0 Å². The molecule has 0 saturated heterocycles. The molecular weight excluding hydrogens is 335 g/mol. The van der Waals surface area contributed by atoms with Gasteiger partial charge in [0.05, 0.1) is 4.90 Å². The summed E-state index contributed by atoms with van der Waals surface area (Å²) in [7, 11) is -4.39. The molecule has 0 spiro atoms. The topological polar surface area (TPSA) is 69.7 Å². The second-order valence-corrected chi connectivity index (χ2v) is 6.59. The highest BCUT2D eigenvalue weighted by atomic mass is 32.2. The third-order valence-electron chi connectivity index (χ3n) is 3.18. The van der Waals surface area contributed by atoms with Gasteiger partial charge in [-0.05, 0) is 30.7 Å². The molecule has 5 nitrogen and oxygen atoms in total. The van der Waals surface area contributed by atoms with Crippen LogP contribution in [0.2, 0.25) is 0 Å². The zero-order valence-electron chi connectivity index (χ0n) is 13.0. The molecule has 0 amide bonds. The first-order valence-corrected chi connectivity index (χ1v) is 8.75. The second-order valence-electron chi connectivity index (χ2n) is 5.04. The van der Waals surface area contributed by atoms with E-state index in [1.165, 1.54) is 36.4 Å². The van der Waals surface area contributed by atoms with Gasteiger partial charge < -0.3 is 4.74 Å². The van der Waals surface area contributed by atoms with Gasteiger partial charge in [0.2, 0.25) is 0 Å². The minimum absolute atomic E-state index is 0.125. The van der Waals surface area contributed by atoms with Crippen LogP contribution < -0.4 is 4.74 Å². The molecule has 128 valence electrons. The predicted molar refractivity (Wildman–Crippen MR) is 85.5 cm³/mol. The monoisotopic (exact) mass is 352 g/mol. The Morgan fingerprint density at radius 1 is 1.04 bits per heavy atom. The Bertz CT molecular complexity index is 777. The molecule has 0 fully saturated rings. The van der Waals surface area contributed by atoms with Crippen molar-refractivity contribution in [3.8, 4) is 5.75 Å². The molecule has 0 heterocycles. The summed E-state index contributed by atoms with van der Waals surface area (Å²) in [5, 5.41) is 0. The van der Waals surface area contributed by atoms with E-state index in [1.807, 2.05) is 0 Å². The fourth-order valence-electron chi connectivity index (χ4n) is 2.10. The summed E-state index contributed by atoms with van der Waals surface area (Å²) in [5.41, 5.74) is 0. The maximum absolute atomic E-state index is 13.8. The van der Waals surface area contributed by atoms with Crippen molar-refractivity contribution >= 4 is 16.2 Å². The van der Waals surface area contributed by atoms with Crippen LogP contribution in [0.4, 0.5) is 4.39 Å². The summed E-state index contributed by atoms with van der Waals surface area (Å²) in [6.07, 6.45) is 0.0100. The standard InChI is InChI=1S/C17H17FO5S/c1-2-13-17(16(18)19,22-14-9-5-3-6-10-14)23-24(20,21)15-11-7-4-8-12-15/h3-12H,2,13H2,1H3/t17-/m1/s1. The first-order chi connectivity index (χ1) is 11.4. The molecule has 0 aliphatic carbocycles. The molecule has 0 unspecified atom stereocenters. The van der Waals surface area contributed by atoms with Gasteiger partial charge in [0.15, 0.2) is 0 Å². The van der Waals surface area contributed by atoms with Crippen LogP contribution in [0.5, 0.6) is 5.75 Å². The molecule has 0 aromatic heterocycles. The van der Waals surface area contributed by atoms with Gasteiger partial charge >= 0.3 is 21.9 Å². The summed E-state index contributed by atoms with van der Waals surface area (Å²) in [4.78, 5) is 11.4. The van der Waals surface area contributed by atoms with Gasteiger partial charge in [-0.1, -0.05) is 43.3 Å². The number of benzene rings is 2. The highest BCUT2D eigenvalue weighted by Gasteiger charge is 2.47. The average molecular weight is 352 g/mol. The molecule has 7 heteroatoms. The second kappa shape index (κ2) is 7.55. The first-order valence-electron chi connectivity index (χ1n) is 7.34. The fourth-order valence-corrected chi connectivity index (χ4v) is 3.23. The van der Waals surface area contributed by atoms with E-state index in [2.05, 4.69) is 0 Å². The smallest absolute Gasteiger partial charge is 0.374 e. The molecule has 0 aliphatic rings. The van der Waals surface area contributed by atoms with Gasteiger partial charge in [0, 0.05) is 6.42 Å². The van der Waals surface area contributed by atoms with E-state index in [9.17, 15) is 17.6 Å². The third-order valence-corrected chi connectivity index (χ3v) is 4.52. The Labute approximate surface area is 140 Å². The van der Waals surface area contributed by atoms with E-state index < -0.39 is 21.9 Å². The quantitative estimate of drug-likeness (QED) is 0.413. The highest BCUT2D eigenvalue weighted by Crippen LogP contribution is 2.30. The van der Waals surface area contributed by atoms with E-state index >= 15 is 0 Å². The van der Waals surface area contributed by atoms with Crippen molar-refractivity contribution in [1.82, 2.24) is 0 Å². The lowest BCUT2D eigenvalue weighted by Crippen LogP contribution is -2.47. The number of carbonyl (C=O) groups is 1. The van der Waals surface area contributed by atoms with Crippen molar-refractivity contribution in [2.24, 2.45) is 0 Å². The number of carbonyl (C=O) groups excluding carboxylic acids is 1. The van der Waals surface area contributed by atoms with Crippen molar-refractivity contribution in [3.63, 3.8) is 0 Å². The number of ether oxygens (including phenoxy) is 1. The molecule has 0 bridgehead atoms. The molecule has 2 aromatic rings. The van der Waals surface area contributed by atoms with Crippen molar-refractivity contribution in [1.29, 1.82) is 0 Å². The molecular formula is C17H17FO5S. The Balaban J connectivity index is 2.41. The van der Waals surface area contributed by atoms with Gasteiger partial charge in [0.1, 0.15) is 5.75 Å². The number of rotatable bonds is 8. The largest absolute Gasteiger partial charge is 0.451 e. The van der Waals surface area contributed by atoms with Crippen molar-refractivity contribution in [2.45, 2.75) is 30.4 Å². The van der Waals surface area contributed by atoms with Crippen LogP contribution in [0.15, 0.2) is 65.6 Å². The highest BCUT2D eigenvalue weighted by molar-refractivity contribution is 7.86. The Morgan fingerprint density at radius 2 is 1.58 bits per heavy atom. The molecule has 0 radical (unpaired) electrons. The first kappa shape index (κ1) is 18.1. The molecule has 24 heavy (non-hydrogen) atoms. The van der Waals surface area contributed by atoms with E-state index in [0.717, 1.165) is 0 Å². The van der Waals surface area contributed by atoms with Crippen molar-refractivity contribution in [3.05, 3.63) is 60.7 Å². The van der Waals surface area contributed by atoms with Crippen LogP contribution in [0.25, 0.3) is 0 Å². The summed E-state index contributed by atoms with van der Waals surface area (Å²) >= 11 is 0. The number of halogens is 1. The van der Waals surface area contributed by atoms with Crippen molar-refractivity contribution < 1.29 is 26.5 Å². The lowest BCUT2D eigenvalue weighted by atomic mass is 10.1. The Hall–Kier alpha value is -2.25. The average Bonchev–Trinajstić information content (AvgIpc) is 2.56. The molecule has 2 rings (SSSR count). The predicted octanol–water partition coefficient (Wildman–Crippen LogP) is 3.46. The van der Waals surface area contributed by atoms with Gasteiger partial charge in [-0.25, -0.2) is 4.18 Å². The van der Waals surface area contributed by atoms with E-state index in [4.69, 9.17) is 8.92 Å². The summed E-state index contributed by atoms with van der Waals surface area (Å²) in [6.45, 7) is 1.66. The number of hydrogen-bond donors (Lipinski definition) is 0. The maximum atomic E-state index is 13.8. The van der Waals surface area contributed by atoms with Gasteiger partial charge in [-0.15, -0.1) is 0 Å². The molecule has 0 saturated carbocycles. The van der Waals surface area contributed by atoms with E-state index in [0.29, 0.717) is 0 Å². The lowest BCUT2D eigenvalue weighted by Gasteiger charge is -2.28. The summed E-state index contributed by atoms with van der Waals surface area (Å²) in [5.74, 6) is -2.43. The number of para-hydroxylation sites is 1. The summed E-state index contributed by atoms with van der Waals surface area (Å²) < 4.78 is 48.9. The third kappa shape index (κ3) is 4.18. The minimum Gasteiger partial charge on any atom is -0.451 e. The van der Waals surface area contributed by atoms with E-state index in [-0.39, 0.29) is 23.5 Å². The molecule has 1 atom stereocenters. The maximum Gasteiger partial charge on any atom is 0.374 e. The summed E-state index contributed by atoms with van der Waals surface area (Å²) in [6, 6.07) is 13.1. The van der Waals surface area contributed by atoms with Crippen molar-refractivity contribution in [2.75, 3.05) is 0 Å². The normalized spacial score (nSPS) is 13.9. The van der Waals surface area contributed by atoms with Gasteiger partial charge in [-0.2, -0.15) is 12.8 Å². The number of hydrogen-bond acceptors (Lipinski definition) is 5. The van der Waals surface area contributed by atoms with Gasteiger partial charge in [-0.3, -0.25) is 4.79 Å². The van der Waals surface area contributed by atoms with Crippen LogP contribution >= 0.6 is 0 Å². The van der Waals surface area contributed by atoms with Crippen LogP contribution in [-0.2, 0) is 19.1 Å². The van der Waals surface area contributed by atoms with Crippen LogP contribution in [-0.4, -0.2) is 20.2 Å². The van der Waals surface area contributed by atoms with Gasteiger partial charge in [0.25, 0.3) is 0 Å². The van der Waals surface area contributed by atoms with E-state index in [1.54, 1.807) is 31.2 Å².